The summed E-state index contributed by atoms with van der Waals surface area (Å²) < 4.78 is 0. The maximum Gasteiger partial charge on any atom is 0.195 e. The topological polar surface area (TPSA) is 18.8 Å². The molecule has 0 bridgehead atoms. The van der Waals surface area contributed by atoms with Crippen LogP contribution in [0.25, 0.3) is 0 Å². The fraction of sp³-hybridized carbons (Fsp3) is 0.833. The average molecular weight is 162 g/mol. The van der Waals surface area contributed by atoms with Crippen LogP contribution in [0.15, 0.2) is 5.10 Å². The minimum atomic E-state index is -0.111. The second kappa shape index (κ2) is 2.66. The molecule has 0 aliphatic carbocycles. The summed E-state index contributed by atoms with van der Waals surface area (Å²) in [4.78, 5) is 1.99. The summed E-state index contributed by atoms with van der Waals surface area (Å²) in [5, 5.41) is 5.75. The lowest BCUT2D eigenvalue weighted by atomic mass is 10.4. The van der Waals surface area contributed by atoms with Gasteiger partial charge in [-0.25, -0.2) is 0 Å². The van der Waals surface area contributed by atoms with Gasteiger partial charge >= 0.3 is 0 Å². The van der Waals surface area contributed by atoms with Crippen LogP contribution < -0.4 is 0 Å². The second-order valence-electron chi connectivity index (χ2n) is 2.66. The van der Waals surface area contributed by atoms with E-state index >= 15 is 0 Å². The fourth-order valence-electron chi connectivity index (χ4n) is 0.823. The Bertz CT molecular complexity index is 146. The largest absolute Gasteiger partial charge is 0.324 e. The minimum absolute atomic E-state index is 0.111. The zero-order chi connectivity index (χ0) is 7.72. The van der Waals surface area contributed by atoms with Gasteiger partial charge in [-0.1, -0.05) is 11.6 Å². The van der Waals surface area contributed by atoms with Crippen LogP contribution in [-0.2, 0) is 0 Å². The first-order valence-electron chi connectivity index (χ1n) is 3.31. The molecular weight excluding hydrogens is 150 g/mol. The highest BCUT2D eigenvalue weighted by molar-refractivity contribution is 6.20. The Morgan fingerprint density at radius 1 is 1.60 bits per heavy atom. The molecule has 1 aliphatic heterocycles. The monoisotopic (exact) mass is 161 g/mol. The van der Waals surface area contributed by atoms with Gasteiger partial charge in [-0.3, -0.25) is 5.01 Å². The summed E-state index contributed by atoms with van der Waals surface area (Å²) in [5.41, 5.74) is -0.111. The van der Waals surface area contributed by atoms with Crippen LogP contribution in [0.5, 0.6) is 0 Å². The predicted octanol–water partition coefficient (Wildman–Crippen LogP) is 1.11. The normalized spacial score (nSPS) is 25.1. The van der Waals surface area contributed by atoms with E-state index in [1.165, 1.54) is 0 Å². The Hall–Kier alpha value is -0.440. The van der Waals surface area contributed by atoms with Gasteiger partial charge in [-0.15, -0.1) is 0 Å². The van der Waals surface area contributed by atoms with Crippen LogP contribution in [0.4, 0.5) is 0 Å². The van der Waals surface area contributed by atoms with Gasteiger partial charge in [-0.05, 0) is 13.8 Å². The van der Waals surface area contributed by atoms with E-state index in [2.05, 4.69) is 18.9 Å². The Kier molecular flexibility index (Phi) is 2.04. The van der Waals surface area contributed by atoms with Crippen molar-refractivity contribution in [1.29, 1.82) is 0 Å². The molecule has 4 heteroatoms. The zero-order valence-electron chi connectivity index (χ0n) is 6.45. The van der Waals surface area contributed by atoms with Gasteiger partial charge in [0.1, 0.15) is 6.34 Å². The predicted molar refractivity (Wildman–Crippen MR) is 42.9 cm³/mol. The quantitative estimate of drug-likeness (QED) is 0.424. The van der Waals surface area contributed by atoms with Gasteiger partial charge in [0.05, 0.1) is 0 Å². The number of hydrogen-bond donors (Lipinski definition) is 0. The van der Waals surface area contributed by atoms with E-state index < -0.39 is 0 Å². The van der Waals surface area contributed by atoms with Crippen molar-refractivity contribution in [2.24, 2.45) is 5.10 Å². The summed E-state index contributed by atoms with van der Waals surface area (Å²) in [6.07, 6.45) is 1.77. The molecule has 1 atom stereocenters. The minimum Gasteiger partial charge on any atom is -0.324 e. The van der Waals surface area contributed by atoms with E-state index in [0.717, 1.165) is 0 Å². The molecule has 3 nitrogen and oxygen atoms in total. The SMILES string of the molecule is CC(C)N1C=NN(C)C1Cl. The molecular formula is C6H12ClN3. The maximum absolute atomic E-state index is 5.95. The lowest BCUT2D eigenvalue weighted by molar-refractivity contribution is 0.211. The molecule has 1 heterocycles. The summed E-state index contributed by atoms with van der Waals surface area (Å²) in [7, 11) is 1.86. The van der Waals surface area contributed by atoms with Crippen molar-refractivity contribution in [3.8, 4) is 0 Å². The van der Waals surface area contributed by atoms with Gasteiger partial charge in [0, 0.05) is 13.1 Å². The average Bonchev–Trinajstić information content (AvgIpc) is 2.14. The number of nitrogens with zero attached hydrogens (tertiary/aromatic N) is 3. The molecule has 0 saturated heterocycles. The first-order chi connectivity index (χ1) is 4.63. The Balaban J connectivity index is 2.58. The van der Waals surface area contributed by atoms with Gasteiger partial charge in [0.25, 0.3) is 0 Å². The van der Waals surface area contributed by atoms with Crippen molar-refractivity contribution >= 4 is 17.9 Å². The summed E-state index contributed by atoms with van der Waals surface area (Å²) in [6.45, 7) is 4.17. The highest BCUT2D eigenvalue weighted by Crippen LogP contribution is 2.15. The molecule has 0 N–H and O–H groups in total. The smallest absolute Gasteiger partial charge is 0.195 e. The molecule has 1 aliphatic rings. The fourth-order valence-corrected chi connectivity index (χ4v) is 1.15. The molecule has 0 aromatic heterocycles. The number of hydrazone groups is 1. The van der Waals surface area contributed by atoms with E-state index in [4.69, 9.17) is 11.6 Å². The van der Waals surface area contributed by atoms with Crippen molar-refractivity contribution in [1.82, 2.24) is 9.91 Å². The Labute approximate surface area is 66.2 Å². The molecule has 1 rings (SSSR count). The van der Waals surface area contributed by atoms with E-state index in [0.29, 0.717) is 6.04 Å². The number of alkyl halides is 1. The lowest BCUT2D eigenvalue weighted by Crippen LogP contribution is -2.37. The molecule has 0 aromatic carbocycles. The third-order valence-electron chi connectivity index (χ3n) is 1.52. The zero-order valence-corrected chi connectivity index (χ0v) is 7.21. The highest BCUT2D eigenvalue weighted by atomic mass is 35.5. The van der Waals surface area contributed by atoms with Crippen molar-refractivity contribution in [2.75, 3.05) is 7.05 Å². The van der Waals surface area contributed by atoms with Gasteiger partial charge < -0.3 is 4.90 Å². The van der Waals surface area contributed by atoms with Crippen molar-refractivity contribution in [2.45, 2.75) is 25.5 Å². The molecule has 58 valence electrons. The van der Waals surface area contributed by atoms with E-state index in [1.54, 1.807) is 11.3 Å². The molecule has 0 aromatic rings. The van der Waals surface area contributed by atoms with Crippen LogP contribution in [-0.4, -0.2) is 35.0 Å². The molecule has 1 unspecified atom stereocenters. The van der Waals surface area contributed by atoms with Crippen LogP contribution in [0.2, 0.25) is 0 Å². The Morgan fingerprint density at radius 2 is 2.20 bits per heavy atom. The summed E-state index contributed by atoms with van der Waals surface area (Å²) >= 11 is 5.95. The second-order valence-corrected chi connectivity index (χ2v) is 3.05. The summed E-state index contributed by atoms with van der Waals surface area (Å²) in [6, 6.07) is 0.413. The standard InChI is InChI=1S/C6H12ClN3/c1-5(2)10-4-8-9(3)6(10)7/h4-6H,1-3H3. The maximum atomic E-state index is 5.95. The molecule has 0 fully saturated rings. The van der Waals surface area contributed by atoms with Gasteiger partial charge in [0.2, 0.25) is 0 Å². The third kappa shape index (κ3) is 1.19. The molecule has 0 amide bonds. The van der Waals surface area contributed by atoms with E-state index in [-0.39, 0.29) is 5.62 Å². The van der Waals surface area contributed by atoms with Crippen LogP contribution in [0.1, 0.15) is 13.8 Å². The highest BCUT2D eigenvalue weighted by Gasteiger charge is 2.23. The summed E-state index contributed by atoms with van der Waals surface area (Å²) in [5.74, 6) is 0. The first kappa shape index (κ1) is 7.66. The number of rotatable bonds is 1. The van der Waals surface area contributed by atoms with E-state index in [1.807, 2.05) is 11.9 Å². The first-order valence-corrected chi connectivity index (χ1v) is 3.75. The molecule has 0 saturated carbocycles. The van der Waals surface area contributed by atoms with Crippen LogP contribution >= 0.6 is 11.6 Å². The number of halogens is 1. The molecule has 0 radical (unpaired) electrons. The number of hydrogen-bond acceptors (Lipinski definition) is 3. The van der Waals surface area contributed by atoms with Gasteiger partial charge in [0.15, 0.2) is 5.62 Å². The molecule has 10 heavy (non-hydrogen) atoms. The molecule has 0 spiro atoms. The van der Waals surface area contributed by atoms with Gasteiger partial charge in [-0.2, -0.15) is 5.10 Å². The van der Waals surface area contributed by atoms with Crippen molar-refractivity contribution < 1.29 is 0 Å². The van der Waals surface area contributed by atoms with Crippen LogP contribution in [0, 0.1) is 0 Å². The van der Waals surface area contributed by atoms with Crippen molar-refractivity contribution in [3.05, 3.63) is 0 Å². The van der Waals surface area contributed by atoms with Crippen molar-refractivity contribution in [3.63, 3.8) is 0 Å². The van der Waals surface area contributed by atoms with Crippen LogP contribution in [0.3, 0.4) is 0 Å². The van der Waals surface area contributed by atoms with E-state index in [9.17, 15) is 0 Å². The third-order valence-corrected chi connectivity index (χ3v) is 2.03. The lowest BCUT2D eigenvalue weighted by Gasteiger charge is -2.25. The Morgan fingerprint density at radius 3 is 2.40 bits per heavy atom.